The van der Waals surface area contributed by atoms with Crippen LogP contribution in [0.1, 0.15) is 0 Å². The third kappa shape index (κ3) is 5.17. The number of hydrogen-bond donors (Lipinski definition) is 3. The number of fused-ring (bicyclic) bond motifs is 1. The fraction of sp³-hybridized carbons (Fsp3) is 0.278. The van der Waals surface area contributed by atoms with Crippen LogP contribution in [0.25, 0.3) is 16.8 Å². The molecule has 0 aromatic carbocycles. The van der Waals surface area contributed by atoms with Crippen molar-refractivity contribution >= 4 is 30.2 Å². The summed E-state index contributed by atoms with van der Waals surface area (Å²) in [5, 5.41) is 21.2. The Hall–Kier alpha value is -3.73. The van der Waals surface area contributed by atoms with Crippen molar-refractivity contribution in [2.75, 3.05) is 37.5 Å². The molecule has 0 bridgehead atoms. The average molecular weight is 402 g/mol. The second kappa shape index (κ2) is 10.6. The summed E-state index contributed by atoms with van der Waals surface area (Å²) in [6.45, 7) is 1.25. The predicted octanol–water partition coefficient (Wildman–Crippen LogP) is 1.07. The van der Waals surface area contributed by atoms with Crippen molar-refractivity contribution in [3.63, 3.8) is 0 Å². The molecule has 1 fully saturated rings. The van der Waals surface area contributed by atoms with Crippen molar-refractivity contribution in [1.82, 2.24) is 19.6 Å². The standard InChI is InChI=1S/C16H18N6O.2CH2O2/c1-17-14-7-11(3-5-18-14)13-8-19-22-6-4-15(20-16(13)22)21-9-12(10-21)23-2;2*2-1-3/h3-8,12H,9-10H2,1-2H3,(H,17,18);2*1H,(H,2,3). The second-order valence-electron chi connectivity index (χ2n) is 5.77. The number of anilines is 2. The zero-order valence-electron chi connectivity index (χ0n) is 16.0. The molecule has 11 nitrogen and oxygen atoms in total. The number of pyridine rings is 1. The van der Waals surface area contributed by atoms with Gasteiger partial charge in [-0.3, -0.25) is 9.59 Å². The summed E-state index contributed by atoms with van der Waals surface area (Å²) >= 11 is 0. The largest absolute Gasteiger partial charge is 0.483 e. The predicted molar refractivity (Wildman–Crippen MR) is 106 cm³/mol. The number of rotatable bonds is 4. The van der Waals surface area contributed by atoms with Crippen molar-refractivity contribution in [3.05, 3.63) is 36.8 Å². The van der Waals surface area contributed by atoms with E-state index >= 15 is 0 Å². The van der Waals surface area contributed by atoms with Crippen LogP contribution in [0.2, 0.25) is 0 Å². The highest BCUT2D eigenvalue weighted by Gasteiger charge is 2.27. The maximum absolute atomic E-state index is 8.36. The fourth-order valence-corrected chi connectivity index (χ4v) is 2.75. The van der Waals surface area contributed by atoms with Gasteiger partial charge in [-0.05, 0) is 23.8 Å². The van der Waals surface area contributed by atoms with Gasteiger partial charge in [0.1, 0.15) is 11.6 Å². The molecule has 1 aliphatic rings. The number of ether oxygens (including phenoxy) is 1. The normalized spacial score (nSPS) is 12.7. The summed E-state index contributed by atoms with van der Waals surface area (Å²) in [6, 6.07) is 5.95. The van der Waals surface area contributed by atoms with Crippen LogP contribution in [-0.4, -0.2) is 76.1 Å². The van der Waals surface area contributed by atoms with Gasteiger partial charge in [-0.1, -0.05) is 0 Å². The molecule has 4 rings (SSSR count). The van der Waals surface area contributed by atoms with E-state index in [1.54, 1.807) is 17.8 Å². The van der Waals surface area contributed by atoms with Crippen LogP contribution in [-0.2, 0) is 14.3 Å². The van der Waals surface area contributed by atoms with Crippen LogP contribution < -0.4 is 10.2 Å². The van der Waals surface area contributed by atoms with Gasteiger partial charge in [0.05, 0.1) is 12.3 Å². The molecule has 3 aromatic rings. The van der Waals surface area contributed by atoms with E-state index in [9.17, 15) is 0 Å². The van der Waals surface area contributed by atoms with E-state index in [0.29, 0.717) is 6.10 Å². The minimum absolute atomic E-state index is 0.250. The molecule has 0 saturated carbocycles. The fourth-order valence-electron chi connectivity index (χ4n) is 2.75. The smallest absolute Gasteiger partial charge is 0.290 e. The molecular formula is C18H22N6O5. The summed E-state index contributed by atoms with van der Waals surface area (Å²) in [7, 11) is 3.60. The third-order valence-electron chi connectivity index (χ3n) is 4.19. The Balaban J connectivity index is 0.000000449. The molecule has 3 aromatic heterocycles. The highest BCUT2D eigenvalue weighted by molar-refractivity contribution is 5.79. The number of methoxy groups -OCH3 is 1. The number of hydrogen-bond acceptors (Lipinski definition) is 8. The molecule has 11 heteroatoms. The number of nitrogens with one attached hydrogen (secondary N) is 1. The first-order valence-electron chi connectivity index (χ1n) is 8.53. The molecule has 154 valence electrons. The molecule has 1 saturated heterocycles. The monoisotopic (exact) mass is 402 g/mol. The molecule has 3 N–H and O–H groups in total. The Labute approximate surface area is 166 Å². The van der Waals surface area contributed by atoms with Gasteiger partial charge in [0.15, 0.2) is 5.65 Å². The van der Waals surface area contributed by atoms with Crippen LogP contribution in [0.3, 0.4) is 0 Å². The molecule has 0 aliphatic carbocycles. The molecule has 0 atom stereocenters. The average Bonchev–Trinajstić information content (AvgIpc) is 3.12. The minimum Gasteiger partial charge on any atom is -0.483 e. The van der Waals surface area contributed by atoms with Crippen LogP contribution in [0.15, 0.2) is 36.8 Å². The quantitative estimate of drug-likeness (QED) is 0.542. The van der Waals surface area contributed by atoms with Gasteiger partial charge in [0.2, 0.25) is 0 Å². The Morgan fingerprint density at radius 1 is 1.24 bits per heavy atom. The molecule has 1 aliphatic heterocycles. The van der Waals surface area contributed by atoms with E-state index in [4.69, 9.17) is 29.5 Å². The van der Waals surface area contributed by atoms with Gasteiger partial charge in [0, 0.05) is 45.2 Å². The van der Waals surface area contributed by atoms with E-state index in [2.05, 4.69) is 20.3 Å². The molecule has 0 unspecified atom stereocenters. The number of carboxylic acid groups (broad SMARTS) is 2. The summed E-state index contributed by atoms with van der Waals surface area (Å²) in [4.78, 5) is 28.0. The van der Waals surface area contributed by atoms with Crippen molar-refractivity contribution in [2.24, 2.45) is 0 Å². The molecule has 4 heterocycles. The first-order chi connectivity index (χ1) is 14.1. The van der Waals surface area contributed by atoms with E-state index in [-0.39, 0.29) is 12.9 Å². The van der Waals surface area contributed by atoms with Crippen molar-refractivity contribution in [1.29, 1.82) is 0 Å². The Morgan fingerprint density at radius 3 is 2.55 bits per heavy atom. The second-order valence-corrected chi connectivity index (χ2v) is 5.77. The van der Waals surface area contributed by atoms with E-state index in [0.717, 1.165) is 41.5 Å². The Kier molecular flexibility index (Phi) is 7.86. The zero-order valence-corrected chi connectivity index (χ0v) is 16.0. The maximum atomic E-state index is 8.36. The number of nitrogens with zero attached hydrogens (tertiary/aromatic N) is 5. The molecule has 0 radical (unpaired) electrons. The molecule has 0 amide bonds. The van der Waals surface area contributed by atoms with Crippen LogP contribution in [0, 0.1) is 0 Å². The van der Waals surface area contributed by atoms with Crippen molar-refractivity contribution < 1.29 is 24.5 Å². The minimum atomic E-state index is -0.250. The van der Waals surface area contributed by atoms with Gasteiger partial charge in [0.25, 0.3) is 12.9 Å². The lowest BCUT2D eigenvalue weighted by Crippen LogP contribution is -2.52. The lowest BCUT2D eigenvalue weighted by molar-refractivity contribution is -0.123. The van der Waals surface area contributed by atoms with Crippen molar-refractivity contribution in [3.8, 4) is 11.1 Å². The van der Waals surface area contributed by atoms with Gasteiger partial charge < -0.3 is 25.2 Å². The SMILES string of the molecule is CNc1cc(-c2cnn3ccc(N4CC(OC)C4)nc23)ccn1.O=CO.O=CO. The highest BCUT2D eigenvalue weighted by atomic mass is 16.5. The summed E-state index contributed by atoms with van der Waals surface area (Å²) < 4.78 is 7.13. The van der Waals surface area contributed by atoms with Crippen LogP contribution >= 0.6 is 0 Å². The lowest BCUT2D eigenvalue weighted by Gasteiger charge is -2.38. The van der Waals surface area contributed by atoms with Crippen LogP contribution in [0.4, 0.5) is 11.6 Å². The van der Waals surface area contributed by atoms with Crippen molar-refractivity contribution in [2.45, 2.75) is 6.10 Å². The summed E-state index contributed by atoms with van der Waals surface area (Å²) in [5.41, 5.74) is 2.88. The van der Waals surface area contributed by atoms with E-state index in [1.807, 2.05) is 37.6 Å². The van der Waals surface area contributed by atoms with E-state index < -0.39 is 0 Å². The van der Waals surface area contributed by atoms with Gasteiger partial charge in [-0.25, -0.2) is 14.5 Å². The molecule has 29 heavy (non-hydrogen) atoms. The molecule has 0 spiro atoms. The van der Waals surface area contributed by atoms with E-state index in [1.165, 1.54) is 0 Å². The van der Waals surface area contributed by atoms with Crippen LogP contribution in [0.5, 0.6) is 0 Å². The zero-order chi connectivity index (χ0) is 21.2. The van der Waals surface area contributed by atoms with Gasteiger partial charge in [-0.15, -0.1) is 0 Å². The maximum Gasteiger partial charge on any atom is 0.290 e. The lowest BCUT2D eigenvalue weighted by atomic mass is 10.1. The van der Waals surface area contributed by atoms with Gasteiger partial charge in [-0.2, -0.15) is 5.10 Å². The first-order valence-corrected chi connectivity index (χ1v) is 8.53. The number of aromatic nitrogens is 4. The van der Waals surface area contributed by atoms with Gasteiger partial charge >= 0.3 is 0 Å². The summed E-state index contributed by atoms with van der Waals surface area (Å²) in [5.74, 6) is 1.78. The Bertz CT molecular complexity index is 935. The number of carbonyl (C=O) groups is 2. The topological polar surface area (TPSA) is 142 Å². The first kappa shape index (κ1) is 21.6. The molecular weight excluding hydrogens is 380 g/mol. The Morgan fingerprint density at radius 2 is 1.93 bits per heavy atom. The highest BCUT2D eigenvalue weighted by Crippen LogP contribution is 2.27. The third-order valence-corrected chi connectivity index (χ3v) is 4.19. The summed E-state index contributed by atoms with van der Waals surface area (Å²) in [6.07, 6.45) is 5.87.